The fourth-order valence-electron chi connectivity index (χ4n) is 2.87. The van der Waals surface area contributed by atoms with Gasteiger partial charge < -0.3 is 15.4 Å². The first-order valence-electron chi connectivity index (χ1n) is 10.3. The van der Waals surface area contributed by atoms with E-state index in [-0.39, 0.29) is 17.4 Å². The lowest BCUT2D eigenvalue weighted by Gasteiger charge is -2.21. The van der Waals surface area contributed by atoms with E-state index in [1.807, 2.05) is 57.2 Å². The Labute approximate surface area is 188 Å². The fourth-order valence-corrected chi connectivity index (χ4v) is 2.87. The minimum atomic E-state index is -0.373. The number of rotatable bonds is 7. The van der Waals surface area contributed by atoms with Crippen LogP contribution in [0.1, 0.15) is 42.3 Å². The molecule has 3 aromatic rings. The third kappa shape index (κ3) is 7.09. The van der Waals surface area contributed by atoms with Crippen LogP contribution < -0.4 is 15.4 Å². The molecule has 0 unspecified atom stereocenters. The molecular formula is C26H27N3O3. The molecule has 2 aromatic carbocycles. The molecule has 6 heteroatoms. The maximum absolute atomic E-state index is 12.5. The van der Waals surface area contributed by atoms with Crippen LogP contribution in [0.25, 0.3) is 6.08 Å². The van der Waals surface area contributed by atoms with Crippen LogP contribution in [0.3, 0.4) is 0 Å². The standard InChI is InChI=1S/C26H27N3O3/c1-26(2,3)29-25(31)22-8-4-5-9-23(22)28-24(30)15-12-19-10-13-21(14-11-19)32-18-20-7-6-16-27-17-20/h4-17H,18H2,1-3H3,(H,28,30)(H,29,31). The second-order valence-corrected chi connectivity index (χ2v) is 8.29. The lowest BCUT2D eigenvalue weighted by atomic mass is 10.1. The highest BCUT2D eigenvalue weighted by molar-refractivity contribution is 6.07. The Morgan fingerprint density at radius 2 is 1.75 bits per heavy atom. The predicted molar refractivity (Wildman–Crippen MR) is 126 cm³/mol. The summed E-state index contributed by atoms with van der Waals surface area (Å²) >= 11 is 0. The summed E-state index contributed by atoms with van der Waals surface area (Å²) in [5.74, 6) is 0.173. The van der Waals surface area contributed by atoms with E-state index in [9.17, 15) is 9.59 Å². The number of pyridine rings is 1. The number of para-hydroxylation sites is 1. The maximum Gasteiger partial charge on any atom is 0.253 e. The van der Waals surface area contributed by atoms with E-state index in [2.05, 4.69) is 15.6 Å². The van der Waals surface area contributed by atoms with E-state index in [1.54, 1.807) is 42.7 Å². The van der Waals surface area contributed by atoms with Gasteiger partial charge in [-0.25, -0.2) is 0 Å². The first kappa shape index (κ1) is 22.7. The molecule has 0 spiro atoms. The molecule has 0 radical (unpaired) electrons. The highest BCUT2D eigenvalue weighted by Crippen LogP contribution is 2.17. The van der Waals surface area contributed by atoms with Crippen LogP contribution in [-0.2, 0) is 11.4 Å². The van der Waals surface area contributed by atoms with Gasteiger partial charge in [0.1, 0.15) is 12.4 Å². The summed E-state index contributed by atoms with van der Waals surface area (Å²) in [7, 11) is 0. The maximum atomic E-state index is 12.5. The Kier molecular flexibility index (Phi) is 7.39. The normalized spacial score (nSPS) is 11.2. The van der Waals surface area contributed by atoms with Gasteiger partial charge in [-0.05, 0) is 62.7 Å². The number of carbonyl (C=O) groups is 2. The summed E-state index contributed by atoms with van der Waals surface area (Å²) in [6.45, 7) is 6.16. The third-order valence-electron chi connectivity index (χ3n) is 4.35. The van der Waals surface area contributed by atoms with E-state index in [0.717, 1.165) is 16.9 Å². The number of amides is 2. The topological polar surface area (TPSA) is 80.3 Å². The van der Waals surface area contributed by atoms with Crippen molar-refractivity contribution in [3.05, 3.63) is 95.8 Å². The van der Waals surface area contributed by atoms with E-state index < -0.39 is 0 Å². The average molecular weight is 430 g/mol. The molecule has 2 N–H and O–H groups in total. The van der Waals surface area contributed by atoms with Gasteiger partial charge in [-0.2, -0.15) is 0 Å². The summed E-state index contributed by atoms with van der Waals surface area (Å²) in [6, 6.07) is 18.2. The number of nitrogens with zero attached hydrogens (tertiary/aromatic N) is 1. The molecule has 0 saturated heterocycles. The van der Waals surface area contributed by atoms with Crippen molar-refractivity contribution in [1.82, 2.24) is 10.3 Å². The van der Waals surface area contributed by atoms with Gasteiger partial charge in [0.25, 0.3) is 5.91 Å². The van der Waals surface area contributed by atoms with Gasteiger partial charge in [0, 0.05) is 29.6 Å². The second-order valence-electron chi connectivity index (χ2n) is 8.29. The Hall–Kier alpha value is -3.93. The molecule has 6 nitrogen and oxygen atoms in total. The summed E-state index contributed by atoms with van der Waals surface area (Å²) in [6.07, 6.45) is 6.63. The number of carbonyl (C=O) groups excluding carboxylic acids is 2. The van der Waals surface area contributed by atoms with Gasteiger partial charge >= 0.3 is 0 Å². The van der Waals surface area contributed by atoms with Crippen LogP contribution in [-0.4, -0.2) is 22.3 Å². The van der Waals surface area contributed by atoms with Gasteiger partial charge in [0.05, 0.1) is 11.3 Å². The second kappa shape index (κ2) is 10.4. The Balaban J connectivity index is 1.58. The van der Waals surface area contributed by atoms with Gasteiger partial charge in [-0.15, -0.1) is 0 Å². The van der Waals surface area contributed by atoms with Crippen LogP contribution in [0.4, 0.5) is 5.69 Å². The predicted octanol–water partition coefficient (Wildman–Crippen LogP) is 4.84. The largest absolute Gasteiger partial charge is 0.489 e. The Bertz CT molecular complexity index is 1090. The molecule has 0 bridgehead atoms. The van der Waals surface area contributed by atoms with Crippen LogP contribution in [0.2, 0.25) is 0 Å². The van der Waals surface area contributed by atoms with E-state index >= 15 is 0 Å². The van der Waals surface area contributed by atoms with Crippen LogP contribution in [0.15, 0.2) is 79.1 Å². The number of anilines is 1. The van der Waals surface area contributed by atoms with Crippen molar-refractivity contribution >= 4 is 23.6 Å². The lowest BCUT2D eigenvalue weighted by molar-refractivity contribution is -0.111. The number of hydrogen-bond donors (Lipinski definition) is 2. The summed E-state index contributed by atoms with van der Waals surface area (Å²) in [4.78, 5) is 29.0. The number of aromatic nitrogens is 1. The molecule has 0 aliphatic carbocycles. The SMILES string of the molecule is CC(C)(C)NC(=O)c1ccccc1NC(=O)C=Cc1ccc(OCc2cccnc2)cc1. The van der Waals surface area contributed by atoms with Crippen LogP contribution in [0, 0.1) is 0 Å². The highest BCUT2D eigenvalue weighted by Gasteiger charge is 2.18. The summed E-state index contributed by atoms with van der Waals surface area (Å²) < 4.78 is 5.74. The molecule has 0 aliphatic heterocycles. The van der Waals surface area contributed by atoms with Crippen molar-refractivity contribution in [3.8, 4) is 5.75 Å². The van der Waals surface area contributed by atoms with Crippen molar-refractivity contribution in [2.45, 2.75) is 32.9 Å². The monoisotopic (exact) mass is 429 g/mol. The van der Waals surface area contributed by atoms with Crippen LogP contribution in [0.5, 0.6) is 5.75 Å². The number of nitrogens with one attached hydrogen (secondary N) is 2. The molecule has 0 atom stereocenters. The number of benzene rings is 2. The first-order valence-corrected chi connectivity index (χ1v) is 10.3. The molecular weight excluding hydrogens is 402 g/mol. The molecule has 1 aromatic heterocycles. The number of ether oxygens (including phenoxy) is 1. The smallest absolute Gasteiger partial charge is 0.253 e. The average Bonchev–Trinajstić information content (AvgIpc) is 2.77. The van der Waals surface area contributed by atoms with E-state index in [1.165, 1.54) is 6.08 Å². The molecule has 0 aliphatic rings. The highest BCUT2D eigenvalue weighted by atomic mass is 16.5. The van der Waals surface area contributed by atoms with Crippen LogP contribution >= 0.6 is 0 Å². The van der Waals surface area contributed by atoms with Gasteiger partial charge in [0.2, 0.25) is 5.91 Å². The van der Waals surface area contributed by atoms with Gasteiger partial charge in [-0.3, -0.25) is 14.6 Å². The zero-order valence-corrected chi connectivity index (χ0v) is 18.5. The quantitative estimate of drug-likeness (QED) is 0.527. The van der Waals surface area contributed by atoms with Crippen molar-refractivity contribution in [3.63, 3.8) is 0 Å². The van der Waals surface area contributed by atoms with Gasteiger partial charge in [0.15, 0.2) is 0 Å². The first-order chi connectivity index (χ1) is 15.3. The van der Waals surface area contributed by atoms with Crippen molar-refractivity contribution < 1.29 is 14.3 Å². The van der Waals surface area contributed by atoms with Crippen molar-refractivity contribution in [1.29, 1.82) is 0 Å². The molecule has 32 heavy (non-hydrogen) atoms. The molecule has 164 valence electrons. The molecule has 0 saturated carbocycles. The fraction of sp³-hybridized carbons (Fsp3) is 0.192. The lowest BCUT2D eigenvalue weighted by Crippen LogP contribution is -2.40. The Morgan fingerprint density at radius 3 is 2.44 bits per heavy atom. The van der Waals surface area contributed by atoms with Gasteiger partial charge in [-0.1, -0.05) is 30.3 Å². The molecule has 1 heterocycles. The van der Waals surface area contributed by atoms with E-state index in [4.69, 9.17) is 4.74 Å². The number of hydrogen-bond acceptors (Lipinski definition) is 4. The zero-order valence-electron chi connectivity index (χ0n) is 18.5. The minimum Gasteiger partial charge on any atom is -0.489 e. The Morgan fingerprint density at radius 1 is 1.00 bits per heavy atom. The van der Waals surface area contributed by atoms with E-state index in [0.29, 0.717) is 17.9 Å². The third-order valence-corrected chi connectivity index (χ3v) is 4.35. The summed E-state index contributed by atoms with van der Waals surface area (Å²) in [5.41, 5.74) is 2.35. The molecule has 2 amide bonds. The molecule has 0 fully saturated rings. The minimum absolute atomic E-state index is 0.237. The van der Waals surface area contributed by atoms with Crippen molar-refractivity contribution in [2.75, 3.05) is 5.32 Å². The zero-order chi connectivity index (χ0) is 23.0. The van der Waals surface area contributed by atoms with Crippen molar-refractivity contribution in [2.24, 2.45) is 0 Å². The molecule has 3 rings (SSSR count). The summed E-state index contributed by atoms with van der Waals surface area (Å²) in [5, 5.41) is 5.69.